The zero-order chi connectivity index (χ0) is 40.8. The van der Waals surface area contributed by atoms with E-state index in [9.17, 15) is 19.5 Å². The molecule has 55 heavy (non-hydrogen) atoms. The number of para-hydroxylation sites is 2. The summed E-state index contributed by atoms with van der Waals surface area (Å²) in [6.07, 6.45) is 11.6. The third-order valence-electron chi connectivity index (χ3n) is 10.7. The molecule has 0 aliphatic carbocycles. The van der Waals surface area contributed by atoms with Gasteiger partial charge in [0.25, 0.3) is 11.8 Å². The number of hydrogen-bond donors (Lipinski definition) is 4. The highest BCUT2D eigenvalue weighted by Gasteiger charge is 2.44. The molecule has 0 fully saturated rings. The Balaban J connectivity index is 1.60. The maximum Gasteiger partial charge on any atom is 0.258 e. The first-order valence-electron chi connectivity index (χ1n) is 20.4. The number of aromatic amines is 1. The summed E-state index contributed by atoms with van der Waals surface area (Å²) in [5.74, 6) is -0.471. The second kappa shape index (κ2) is 21.0. The monoisotopic (exact) mass is 785 g/mol. The van der Waals surface area contributed by atoms with E-state index in [0.29, 0.717) is 29.6 Å². The molecule has 3 aromatic rings. The highest BCUT2D eigenvalue weighted by molar-refractivity contribution is 6.34. The highest BCUT2D eigenvalue weighted by atomic mass is 35.5. The summed E-state index contributed by atoms with van der Waals surface area (Å²) in [7, 11) is 0. The van der Waals surface area contributed by atoms with Crippen molar-refractivity contribution >= 4 is 40.7 Å². The van der Waals surface area contributed by atoms with Crippen molar-refractivity contribution < 1.29 is 24.2 Å². The quantitative estimate of drug-likeness (QED) is 0.0665. The first-order valence-corrected chi connectivity index (χ1v) is 20.8. The van der Waals surface area contributed by atoms with Crippen molar-refractivity contribution in [2.75, 3.05) is 25.0 Å². The number of aromatic nitrogens is 4. The zero-order valence-corrected chi connectivity index (χ0v) is 35.7. The lowest BCUT2D eigenvalue weighted by Crippen LogP contribution is -2.57. The van der Waals surface area contributed by atoms with Crippen molar-refractivity contribution in [1.82, 2.24) is 30.0 Å². The number of aliphatic hydroxyl groups excluding tert-OH is 1. The Hall–Kier alpha value is -3.64. The molecule has 1 unspecified atom stereocenters. The van der Waals surface area contributed by atoms with Crippen LogP contribution in [0.3, 0.4) is 0 Å². The van der Waals surface area contributed by atoms with Crippen LogP contribution in [0.2, 0.25) is 5.02 Å². The number of ether oxygens (including phenoxy) is 1. The molecule has 0 saturated heterocycles. The number of aliphatic hydroxyl groups is 1. The van der Waals surface area contributed by atoms with Crippen molar-refractivity contribution in [2.24, 2.45) is 0 Å². The predicted octanol–water partition coefficient (Wildman–Crippen LogP) is 8.50. The van der Waals surface area contributed by atoms with Gasteiger partial charge in [0, 0.05) is 29.5 Å². The van der Waals surface area contributed by atoms with Crippen LogP contribution in [-0.2, 0) is 25.2 Å². The molecular formula is C42H68ClN7O5. The number of benzene rings is 1. The Kier molecular flexibility index (Phi) is 17.5. The van der Waals surface area contributed by atoms with Crippen LogP contribution in [0.15, 0.2) is 24.3 Å². The molecule has 308 valence electrons. The number of halogens is 1. The van der Waals surface area contributed by atoms with Crippen LogP contribution < -0.4 is 15.4 Å². The van der Waals surface area contributed by atoms with Crippen LogP contribution in [0.25, 0.3) is 5.65 Å². The fraction of sp³-hybridized carbons (Fsp3) is 0.690. The molecule has 0 aliphatic heterocycles. The molecule has 0 aliphatic rings. The predicted molar refractivity (Wildman–Crippen MR) is 221 cm³/mol. The topological polar surface area (TPSA) is 154 Å². The molecule has 3 amide bonds. The summed E-state index contributed by atoms with van der Waals surface area (Å²) in [6.45, 7) is 19.2. The lowest BCUT2D eigenvalue weighted by atomic mass is 9.73. The second-order valence-electron chi connectivity index (χ2n) is 16.9. The van der Waals surface area contributed by atoms with E-state index < -0.39 is 23.0 Å². The van der Waals surface area contributed by atoms with Gasteiger partial charge in [-0.3, -0.25) is 19.5 Å². The van der Waals surface area contributed by atoms with E-state index in [0.717, 1.165) is 44.2 Å². The van der Waals surface area contributed by atoms with Gasteiger partial charge in [-0.25, -0.2) is 4.52 Å². The number of carbonyl (C=O) groups is 3. The average molecular weight is 787 g/mol. The molecule has 3 rings (SSSR count). The van der Waals surface area contributed by atoms with Gasteiger partial charge < -0.3 is 25.4 Å². The van der Waals surface area contributed by atoms with Crippen molar-refractivity contribution in [3.63, 3.8) is 0 Å². The number of carbonyl (C=O) groups excluding carboxylic acids is 3. The number of hydrogen-bond acceptors (Lipinski definition) is 7. The Morgan fingerprint density at radius 1 is 0.873 bits per heavy atom. The summed E-state index contributed by atoms with van der Waals surface area (Å²) in [4.78, 5) is 41.7. The van der Waals surface area contributed by atoms with Crippen molar-refractivity contribution in [3.8, 4) is 5.75 Å². The average Bonchev–Trinajstić information content (AvgIpc) is 3.70. The molecule has 0 radical (unpaired) electrons. The van der Waals surface area contributed by atoms with Crippen LogP contribution in [0.5, 0.6) is 5.75 Å². The summed E-state index contributed by atoms with van der Waals surface area (Å²) in [6, 6.07) is 6.70. The summed E-state index contributed by atoms with van der Waals surface area (Å²) in [5, 5.41) is 29.3. The fourth-order valence-corrected chi connectivity index (χ4v) is 6.94. The van der Waals surface area contributed by atoms with Gasteiger partial charge >= 0.3 is 0 Å². The van der Waals surface area contributed by atoms with Crippen molar-refractivity contribution in [2.45, 2.75) is 168 Å². The highest BCUT2D eigenvalue weighted by Crippen LogP contribution is 2.37. The number of amides is 3. The Bertz CT molecular complexity index is 1660. The molecule has 4 N–H and O–H groups in total. The molecule has 0 bridgehead atoms. The largest absolute Gasteiger partial charge is 0.482 e. The van der Waals surface area contributed by atoms with Gasteiger partial charge in [-0.2, -0.15) is 0 Å². The molecule has 0 saturated carbocycles. The number of anilines is 1. The lowest BCUT2D eigenvalue weighted by Gasteiger charge is -2.40. The molecule has 0 spiro atoms. The van der Waals surface area contributed by atoms with Gasteiger partial charge in [-0.05, 0) is 38.8 Å². The van der Waals surface area contributed by atoms with E-state index >= 15 is 0 Å². The van der Waals surface area contributed by atoms with E-state index in [1.807, 2.05) is 32.6 Å². The zero-order valence-electron chi connectivity index (χ0n) is 34.9. The first-order chi connectivity index (χ1) is 25.9. The smallest absolute Gasteiger partial charge is 0.258 e. The Morgan fingerprint density at radius 2 is 1.44 bits per heavy atom. The number of unbranched alkanes of at least 4 members (excludes halogenated alkanes) is 10. The van der Waals surface area contributed by atoms with Crippen molar-refractivity contribution in [3.05, 3.63) is 40.8 Å². The number of nitrogens with zero attached hydrogens (tertiary/aromatic N) is 4. The number of nitrogens with one attached hydrogen (secondary N) is 3. The Labute approximate surface area is 333 Å². The van der Waals surface area contributed by atoms with Gasteiger partial charge in [0.05, 0.1) is 17.8 Å². The molecule has 2 heterocycles. The minimum absolute atomic E-state index is 0.225. The van der Waals surface area contributed by atoms with Gasteiger partial charge in [-0.15, -0.1) is 10.2 Å². The minimum atomic E-state index is -1.54. The number of fused-ring (bicyclic) bond motifs is 1. The summed E-state index contributed by atoms with van der Waals surface area (Å²) in [5.41, 5.74) is -0.141. The first kappa shape index (κ1) is 45.7. The molecule has 12 nitrogen and oxygen atoms in total. The molecule has 1 aromatic carbocycles. The molecule has 13 heteroatoms. The Morgan fingerprint density at radius 3 is 2.02 bits per heavy atom. The SMILES string of the molecule is CCCCCCCCN(CCCCCCCC)C(=O)CC(O)C(=O)Nc1ccccc1OCC(=O)NC(C)(C)C(C)(C)c1nnc2c(Cl)c(C(C)(C)C)[nH]n12. The van der Waals surface area contributed by atoms with E-state index in [1.165, 1.54) is 38.5 Å². The van der Waals surface area contributed by atoms with E-state index in [1.54, 1.807) is 28.8 Å². The fourth-order valence-electron chi connectivity index (χ4n) is 6.50. The van der Waals surface area contributed by atoms with Gasteiger partial charge in [0.15, 0.2) is 18.1 Å². The van der Waals surface area contributed by atoms with Crippen LogP contribution >= 0.6 is 11.6 Å². The second-order valence-corrected chi connectivity index (χ2v) is 17.3. The van der Waals surface area contributed by atoms with Crippen LogP contribution in [0, 0.1) is 0 Å². The minimum Gasteiger partial charge on any atom is -0.482 e. The maximum absolute atomic E-state index is 13.4. The normalized spacial score (nSPS) is 12.9. The standard InChI is InChI=1S/C42H68ClN7O5/c1-10-12-14-16-18-22-26-49(27-23-19-17-15-13-11-2)34(53)28-31(51)38(54)44-30-24-20-21-25-32(30)55-29-33(52)45-42(8,9)41(6,7)39-47-46-37-35(43)36(40(3,4)5)48-50(37)39/h20-21,24-25,31,48,51H,10-19,22-23,26-29H2,1-9H3,(H,44,54)(H,45,52). The maximum atomic E-state index is 13.4. The van der Waals surface area contributed by atoms with Gasteiger partial charge in [0.2, 0.25) is 5.91 Å². The lowest BCUT2D eigenvalue weighted by molar-refractivity contribution is -0.137. The van der Waals surface area contributed by atoms with E-state index in [4.69, 9.17) is 16.3 Å². The summed E-state index contributed by atoms with van der Waals surface area (Å²) >= 11 is 6.67. The van der Waals surface area contributed by atoms with Gasteiger partial charge in [0.1, 0.15) is 16.9 Å². The summed E-state index contributed by atoms with van der Waals surface area (Å²) < 4.78 is 7.67. The third kappa shape index (κ3) is 13.0. The van der Waals surface area contributed by atoms with Crippen molar-refractivity contribution in [1.29, 1.82) is 0 Å². The van der Waals surface area contributed by atoms with Crippen LogP contribution in [0.1, 0.15) is 157 Å². The van der Waals surface area contributed by atoms with Crippen LogP contribution in [-0.4, -0.2) is 78.9 Å². The van der Waals surface area contributed by atoms with E-state index in [-0.39, 0.29) is 41.7 Å². The third-order valence-corrected chi connectivity index (χ3v) is 11.1. The number of rotatable bonds is 24. The molecule has 1 atom stereocenters. The van der Waals surface area contributed by atoms with Crippen LogP contribution in [0.4, 0.5) is 5.69 Å². The number of H-pyrrole nitrogens is 1. The van der Waals surface area contributed by atoms with E-state index in [2.05, 4.69) is 60.5 Å². The van der Waals surface area contributed by atoms with Gasteiger partial charge in [-0.1, -0.05) is 136 Å². The molecule has 2 aromatic heterocycles. The molecular weight excluding hydrogens is 718 g/mol.